The molecule has 0 bridgehead atoms. The summed E-state index contributed by atoms with van der Waals surface area (Å²) in [5, 5.41) is 4.23. The number of aryl methyl sites for hydroxylation is 1. The van der Waals surface area contributed by atoms with E-state index >= 15 is 0 Å². The van der Waals surface area contributed by atoms with E-state index in [1.807, 2.05) is 44.2 Å². The van der Waals surface area contributed by atoms with Crippen LogP contribution in [0.2, 0.25) is 0 Å². The highest BCUT2D eigenvalue weighted by atomic mass is 16.5. The topological polar surface area (TPSA) is 90.4 Å². The number of nitrogens with two attached hydrogens (primary N) is 1. The van der Waals surface area contributed by atoms with Crippen molar-refractivity contribution < 1.29 is 14.3 Å². The lowest BCUT2D eigenvalue weighted by Gasteiger charge is -2.17. The third-order valence-corrected chi connectivity index (χ3v) is 4.93. The van der Waals surface area contributed by atoms with E-state index in [4.69, 9.17) is 10.5 Å². The Balaban J connectivity index is 1.71. The normalized spacial score (nSPS) is 19.5. The van der Waals surface area contributed by atoms with Gasteiger partial charge in [0.05, 0.1) is 24.3 Å². The van der Waals surface area contributed by atoms with Gasteiger partial charge in [-0.25, -0.2) is 0 Å². The van der Waals surface area contributed by atoms with Crippen LogP contribution in [-0.4, -0.2) is 46.2 Å². The minimum Gasteiger partial charge on any atom is -0.493 e. The Bertz CT molecular complexity index is 787. The van der Waals surface area contributed by atoms with E-state index in [0.29, 0.717) is 31.8 Å². The highest BCUT2D eigenvalue weighted by Crippen LogP contribution is 2.26. The number of rotatable bonds is 6. The van der Waals surface area contributed by atoms with Gasteiger partial charge in [-0.1, -0.05) is 18.2 Å². The van der Waals surface area contributed by atoms with Gasteiger partial charge in [-0.3, -0.25) is 14.3 Å². The van der Waals surface area contributed by atoms with Crippen molar-refractivity contribution in [3.8, 4) is 5.75 Å². The second kappa shape index (κ2) is 7.59. The predicted molar refractivity (Wildman–Crippen MR) is 96.7 cm³/mol. The van der Waals surface area contributed by atoms with Crippen molar-refractivity contribution in [3.05, 3.63) is 47.8 Å². The van der Waals surface area contributed by atoms with Gasteiger partial charge < -0.3 is 15.4 Å². The molecule has 1 aromatic heterocycles. The standard InChI is InChI=1S/C19H24N4O3/c1-3-23-13(2)16(9-21-23)19(25)22-10-14(17(11-22)18(20)24)12-26-15-7-5-4-6-8-15/h4-9,14,17H,3,10-12H2,1-2H3,(H2,20,24)/t14-,17+/m0/s1. The number of aromatic nitrogens is 2. The highest BCUT2D eigenvalue weighted by Gasteiger charge is 2.39. The zero-order valence-corrected chi connectivity index (χ0v) is 15.1. The molecule has 1 fully saturated rings. The van der Waals surface area contributed by atoms with E-state index in [0.717, 1.165) is 11.4 Å². The molecule has 7 heteroatoms. The van der Waals surface area contributed by atoms with Crippen LogP contribution in [-0.2, 0) is 11.3 Å². The van der Waals surface area contributed by atoms with Crippen LogP contribution < -0.4 is 10.5 Å². The van der Waals surface area contributed by atoms with Crippen molar-refractivity contribution in [1.82, 2.24) is 14.7 Å². The van der Waals surface area contributed by atoms with Gasteiger partial charge in [-0.15, -0.1) is 0 Å². The summed E-state index contributed by atoms with van der Waals surface area (Å²) in [5.74, 6) is -0.318. The van der Waals surface area contributed by atoms with E-state index in [1.165, 1.54) is 0 Å². The number of ether oxygens (including phenoxy) is 1. The molecular formula is C19H24N4O3. The van der Waals surface area contributed by atoms with Crippen molar-refractivity contribution in [2.45, 2.75) is 20.4 Å². The zero-order chi connectivity index (χ0) is 18.7. The second-order valence-corrected chi connectivity index (χ2v) is 6.56. The van der Waals surface area contributed by atoms with Crippen LogP contribution in [0, 0.1) is 18.8 Å². The predicted octanol–water partition coefficient (Wildman–Crippen LogP) is 1.46. The smallest absolute Gasteiger partial charge is 0.257 e. The first-order valence-corrected chi connectivity index (χ1v) is 8.80. The maximum atomic E-state index is 12.9. The highest BCUT2D eigenvalue weighted by molar-refractivity contribution is 5.95. The maximum absolute atomic E-state index is 12.9. The van der Waals surface area contributed by atoms with Gasteiger partial charge in [-0.05, 0) is 26.0 Å². The number of para-hydroxylation sites is 1. The Kier molecular flexibility index (Phi) is 5.25. The van der Waals surface area contributed by atoms with E-state index in [9.17, 15) is 9.59 Å². The van der Waals surface area contributed by atoms with Gasteiger partial charge in [0.15, 0.2) is 0 Å². The van der Waals surface area contributed by atoms with Crippen LogP contribution in [0.3, 0.4) is 0 Å². The second-order valence-electron chi connectivity index (χ2n) is 6.56. The molecule has 1 aromatic carbocycles. The fraction of sp³-hybridized carbons (Fsp3) is 0.421. The van der Waals surface area contributed by atoms with Gasteiger partial charge in [0.2, 0.25) is 5.91 Å². The summed E-state index contributed by atoms with van der Waals surface area (Å²) in [6.45, 7) is 5.65. The Labute approximate surface area is 152 Å². The van der Waals surface area contributed by atoms with Crippen LogP contribution in [0.1, 0.15) is 23.0 Å². The van der Waals surface area contributed by atoms with Crippen LogP contribution in [0.25, 0.3) is 0 Å². The molecule has 0 radical (unpaired) electrons. The number of amides is 2. The third kappa shape index (κ3) is 3.56. The van der Waals surface area contributed by atoms with E-state index in [1.54, 1.807) is 15.8 Å². The molecule has 3 rings (SSSR count). The van der Waals surface area contributed by atoms with Crippen molar-refractivity contribution in [1.29, 1.82) is 0 Å². The van der Waals surface area contributed by atoms with Crippen LogP contribution in [0.4, 0.5) is 0 Å². The first-order valence-electron chi connectivity index (χ1n) is 8.80. The summed E-state index contributed by atoms with van der Waals surface area (Å²) in [6.07, 6.45) is 1.59. The summed E-state index contributed by atoms with van der Waals surface area (Å²) in [7, 11) is 0. The molecule has 0 unspecified atom stereocenters. The zero-order valence-electron chi connectivity index (χ0n) is 15.1. The summed E-state index contributed by atoms with van der Waals surface area (Å²) < 4.78 is 7.57. The largest absolute Gasteiger partial charge is 0.493 e. The fourth-order valence-electron chi connectivity index (χ4n) is 3.39. The number of carbonyl (C=O) groups excluding carboxylic acids is 2. The molecule has 2 amide bonds. The molecule has 2 N–H and O–H groups in total. The minimum atomic E-state index is -0.413. The van der Waals surface area contributed by atoms with Gasteiger partial charge in [0.1, 0.15) is 5.75 Å². The molecule has 26 heavy (non-hydrogen) atoms. The Morgan fingerprint density at radius 2 is 2.00 bits per heavy atom. The molecule has 138 valence electrons. The molecule has 1 aliphatic heterocycles. The van der Waals surface area contributed by atoms with E-state index < -0.39 is 11.8 Å². The Hall–Kier alpha value is -2.83. The number of carbonyl (C=O) groups is 2. The summed E-state index contributed by atoms with van der Waals surface area (Å²) in [4.78, 5) is 26.4. The number of hydrogen-bond donors (Lipinski definition) is 1. The lowest BCUT2D eigenvalue weighted by atomic mass is 9.96. The SMILES string of the molecule is CCn1ncc(C(=O)N2C[C@@H](COc3ccccc3)[C@H](C(N)=O)C2)c1C. The number of benzene rings is 1. The molecule has 0 spiro atoms. The quantitative estimate of drug-likeness (QED) is 0.848. The van der Waals surface area contributed by atoms with Gasteiger partial charge in [0, 0.05) is 31.2 Å². The lowest BCUT2D eigenvalue weighted by molar-refractivity contribution is -0.122. The molecule has 2 aromatic rings. The summed E-state index contributed by atoms with van der Waals surface area (Å²) in [5.41, 5.74) is 6.96. The molecule has 0 aliphatic carbocycles. The minimum absolute atomic E-state index is 0.115. The number of primary amides is 1. The fourth-order valence-corrected chi connectivity index (χ4v) is 3.39. The van der Waals surface area contributed by atoms with Crippen molar-refractivity contribution in [2.24, 2.45) is 17.6 Å². The Morgan fingerprint density at radius 3 is 2.62 bits per heavy atom. The maximum Gasteiger partial charge on any atom is 0.257 e. The third-order valence-electron chi connectivity index (χ3n) is 4.93. The summed E-state index contributed by atoms with van der Waals surface area (Å²) >= 11 is 0. The van der Waals surface area contributed by atoms with E-state index in [2.05, 4.69) is 5.10 Å². The van der Waals surface area contributed by atoms with Crippen molar-refractivity contribution in [2.75, 3.05) is 19.7 Å². The van der Waals surface area contributed by atoms with Gasteiger partial charge >= 0.3 is 0 Å². The summed E-state index contributed by atoms with van der Waals surface area (Å²) in [6, 6.07) is 9.41. The van der Waals surface area contributed by atoms with Crippen LogP contribution in [0.15, 0.2) is 36.5 Å². The average molecular weight is 356 g/mol. The number of nitrogens with zero attached hydrogens (tertiary/aromatic N) is 3. The molecular weight excluding hydrogens is 332 g/mol. The van der Waals surface area contributed by atoms with Crippen molar-refractivity contribution >= 4 is 11.8 Å². The van der Waals surface area contributed by atoms with E-state index in [-0.39, 0.29) is 11.8 Å². The molecule has 0 saturated carbocycles. The van der Waals surface area contributed by atoms with Crippen molar-refractivity contribution in [3.63, 3.8) is 0 Å². The number of hydrogen-bond acceptors (Lipinski definition) is 4. The monoisotopic (exact) mass is 356 g/mol. The van der Waals surface area contributed by atoms with Gasteiger partial charge in [-0.2, -0.15) is 5.10 Å². The molecule has 1 saturated heterocycles. The number of likely N-dealkylation sites (tertiary alicyclic amines) is 1. The lowest BCUT2D eigenvalue weighted by Crippen LogP contribution is -2.33. The average Bonchev–Trinajstić information content (AvgIpc) is 3.24. The molecule has 2 atom stereocenters. The first kappa shape index (κ1) is 18.0. The molecule has 1 aliphatic rings. The first-order chi connectivity index (χ1) is 12.5. The molecule has 2 heterocycles. The Morgan fingerprint density at radius 1 is 1.27 bits per heavy atom. The van der Waals surface area contributed by atoms with Crippen LogP contribution >= 0.6 is 0 Å². The van der Waals surface area contributed by atoms with Gasteiger partial charge in [0.25, 0.3) is 5.91 Å². The van der Waals surface area contributed by atoms with Crippen LogP contribution in [0.5, 0.6) is 5.75 Å². The molecule has 7 nitrogen and oxygen atoms in total.